The van der Waals surface area contributed by atoms with Crippen molar-refractivity contribution in [1.29, 1.82) is 0 Å². The molecule has 1 aliphatic rings. The van der Waals surface area contributed by atoms with Gasteiger partial charge in [0.1, 0.15) is 0 Å². The molecule has 0 aromatic rings. The van der Waals surface area contributed by atoms with Crippen LogP contribution in [0.15, 0.2) is 0 Å². The molecule has 1 fully saturated rings. The summed E-state index contributed by atoms with van der Waals surface area (Å²) in [6, 6.07) is 0. The first-order chi connectivity index (χ1) is 5.22. The largest absolute Gasteiger partial charge is 0.348 e. The summed E-state index contributed by atoms with van der Waals surface area (Å²) in [5.41, 5.74) is 0. The second kappa shape index (κ2) is 3.74. The highest BCUT2D eigenvalue weighted by molar-refractivity contribution is 5.89. The SMILES string of the molecule is CN(C)C(=O)[C]1CCCCC1. The average Bonchev–Trinajstić information content (AvgIpc) is 2.05. The molecule has 0 aliphatic heterocycles. The fourth-order valence-electron chi connectivity index (χ4n) is 1.51. The lowest BCUT2D eigenvalue weighted by atomic mass is 9.88. The van der Waals surface area contributed by atoms with Crippen LogP contribution in [0, 0.1) is 5.92 Å². The van der Waals surface area contributed by atoms with Gasteiger partial charge in [0.15, 0.2) is 0 Å². The third kappa shape index (κ3) is 2.21. The molecule has 0 unspecified atom stereocenters. The Morgan fingerprint density at radius 3 is 2.18 bits per heavy atom. The van der Waals surface area contributed by atoms with E-state index >= 15 is 0 Å². The summed E-state index contributed by atoms with van der Waals surface area (Å²) in [7, 11) is 3.65. The molecule has 63 valence electrons. The monoisotopic (exact) mass is 154 g/mol. The average molecular weight is 154 g/mol. The number of nitrogens with zero attached hydrogens (tertiary/aromatic N) is 1. The van der Waals surface area contributed by atoms with Crippen molar-refractivity contribution in [3.8, 4) is 0 Å². The molecule has 0 N–H and O–H groups in total. The van der Waals surface area contributed by atoms with Crippen LogP contribution in [0.25, 0.3) is 0 Å². The van der Waals surface area contributed by atoms with E-state index in [0.29, 0.717) is 0 Å². The maximum absolute atomic E-state index is 11.4. The second-order valence-electron chi connectivity index (χ2n) is 3.36. The molecule has 2 heteroatoms. The molecule has 0 aromatic carbocycles. The van der Waals surface area contributed by atoms with Gasteiger partial charge in [-0.15, -0.1) is 0 Å². The van der Waals surface area contributed by atoms with Crippen LogP contribution >= 0.6 is 0 Å². The van der Waals surface area contributed by atoms with Crippen LogP contribution in [0.5, 0.6) is 0 Å². The number of hydrogen-bond donors (Lipinski definition) is 0. The highest BCUT2D eigenvalue weighted by atomic mass is 16.2. The summed E-state index contributed by atoms with van der Waals surface area (Å²) in [6.07, 6.45) is 5.75. The van der Waals surface area contributed by atoms with Crippen molar-refractivity contribution >= 4 is 5.91 Å². The number of rotatable bonds is 1. The number of hydrogen-bond acceptors (Lipinski definition) is 1. The normalized spacial score (nSPS) is 19.8. The summed E-state index contributed by atoms with van der Waals surface area (Å²) in [5, 5.41) is 0. The lowest BCUT2D eigenvalue weighted by molar-refractivity contribution is -0.127. The summed E-state index contributed by atoms with van der Waals surface area (Å²) in [6.45, 7) is 0. The molecule has 0 saturated heterocycles. The van der Waals surface area contributed by atoms with Crippen molar-refractivity contribution in [2.24, 2.45) is 0 Å². The molecule has 1 saturated carbocycles. The molecule has 0 heterocycles. The number of carbonyl (C=O) groups excluding carboxylic acids is 1. The Labute approximate surface area is 68.6 Å². The topological polar surface area (TPSA) is 20.3 Å². The van der Waals surface area contributed by atoms with Crippen LogP contribution in [-0.2, 0) is 4.79 Å². The number of carbonyl (C=O) groups is 1. The van der Waals surface area contributed by atoms with Gasteiger partial charge in [0.25, 0.3) is 0 Å². The fraction of sp³-hybridized carbons (Fsp3) is 0.778. The van der Waals surface area contributed by atoms with Gasteiger partial charge < -0.3 is 4.90 Å². The van der Waals surface area contributed by atoms with Crippen molar-refractivity contribution in [2.45, 2.75) is 32.1 Å². The molecule has 1 radical (unpaired) electrons. The van der Waals surface area contributed by atoms with Crippen molar-refractivity contribution in [1.82, 2.24) is 4.90 Å². The van der Waals surface area contributed by atoms with Gasteiger partial charge in [-0.1, -0.05) is 19.3 Å². The standard InChI is InChI=1S/C9H16NO/c1-10(2)9(11)8-6-4-3-5-7-8/h3-7H2,1-2H3. The first kappa shape index (κ1) is 8.57. The molecule has 11 heavy (non-hydrogen) atoms. The third-order valence-electron chi connectivity index (χ3n) is 2.17. The predicted molar refractivity (Wildman–Crippen MR) is 45.0 cm³/mol. The van der Waals surface area contributed by atoms with Crippen LogP contribution in [0.1, 0.15) is 32.1 Å². The molecule has 2 nitrogen and oxygen atoms in total. The zero-order valence-corrected chi connectivity index (χ0v) is 7.39. The predicted octanol–water partition coefficient (Wildman–Crippen LogP) is 1.61. The Bertz CT molecular complexity index is 136. The van der Waals surface area contributed by atoms with Crippen LogP contribution in [-0.4, -0.2) is 24.9 Å². The van der Waals surface area contributed by atoms with E-state index in [0.717, 1.165) is 18.8 Å². The highest BCUT2D eigenvalue weighted by Crippen LogP contribution is 2.26. The molecular weight excluding hydrogens is 138 g/mol. The van der Waals surface area contributed by atoms with Gasteiger partial charge in [0.2, 0.25) is 5.91 Å². The molecule has 0 aromatic heterocycles. The van der Waals surface area contributed by atoms with Gasteiger partial charge in [0.05, 0.1) is 5.92 Å². The quantitative estimate of drug-likeness (QED) is 0.562. The van der Waals surface area contributed by atoms with Crippen molar-refractivity contribution in [3.05, 3.63) is 5.92 Å². The lowest BCUT2D eigenvalue weighted by Gasteiger charge is -2.22. The summed E-state index contributed by atoms with van der Waals surface area (Å²) < 4.78 is 0. The molecule has 1 rings (SSSR count). The zero-order valence-electron chi connectivity index (χ0n) is 7.39. The minimum atomic E-state index is 0.240. The Morgan fingerprint density at radius 2 is 1.73 bits per heavy atom. The summed E-state index contributed by atoms with van der Waals surface area (Å²) >= 11 is 0. The second-order valence-corrected chi connectivity index (χ2v) is 3.36. The van der Waals surface area contributed by atoms with E-state index in [1.54, 1.807) is 4.90 Å². The van der Waals surface area contributed by atoms with Crippen LogP contribution < -0.4 is 0 Å². The molecule has 0 spiro atoms. The van der Waals surface area contributed by atoms with Crippen molar-refractivity contribution < 1.29 is 4.79 Å². The first-order valence-corrected chi connectivity index (χ1v) is 4.28. The maximum Gasteiger partial charge on any atom is 0.229 e. The summed E-state index contributed by atoms with van der Waals surface area (Å²) in [5.74, 6) is 1.37. The number of amides is 1. The van der Waals surface area contributed by atoms with Crippen LogP contribution in [0.2, 0.25) is 0 Å². The van der Waals surface area contributed by atoms with E-state index in [2.05, 4.69) is 0 Å². The molecule has 0 atom stereocenters. The van der Waals surface area contributed by atoms with Gasteiger partial charge in [-0.25, -0.2) is 0 Å². The lowest BCUT2D eigenvalue weighted by Crippen LogP contribution is -2.29. The molecular formula is C9H16NO. The van der Waals surface area contributed by atoms with Crippen LogP contribution in [0.3, 0.4) is 0 Å². The Morgan fingerprint density at radius 1 is 1.18 bits per heavy atom. The van der Waals surface area contributed by atoms with Crippen LogP contribution in [0.4, 0.5) is 0 Å². The highest BCUT2D eigenvalue weighted by Gasteiger charge is 2.22. The van der Waals surface area contributed by atoms with E-state index in [1.165, 1.54) is 19.3 Å². The van der Waals surface area contributed by atoms with Gasteiger partial charge in [-0.2, -0.15) is 0 Å². The zero-order chi connectivity index (χ0) is 8.27. The maximum atomic E-state index is 11.4. The van der Waals surface area contributed by atoms with Crippen molar-refractivity contribution in [3.63, 3.8) is 0 Å². The smallest absolute Gasteiger partial charge is 0.229 e. The van der Waals surface area contributed by atoms with Gasteiger partial charge in [0, 0.05) is 14.1 Å². The molecule has 1 amide bonds. The van der Waals surface area contributed by atoms with E-state index in [9.17, 15) is 4.79 Å². The molecule has 1 aliphatic carbocycles. The first-order valence-electron chi connectivity index (χ1n) is 4.28. The summed E-state index contributed by atoms with van der Waals surface area (Å²) in [4.78, 5) is 13.1. The third-order valence-corrected chi connectivity index (χ3v) is 2.17. The molecule has 0 bridgehead atoms. The van der Waals surface area contributed by atoms with Gasteiger partial charge in [-0.3, -0.25) is 4.79 Å². The van der Waals surface area contributed by atoms with Gasteiger partial charge >= 0.3 is 0 Å². The fourth-order valence-corrected chi connectivity index (χ4v) is 1.51. The van der Waals surface area contributed by atoms with E-state index in [1.807, 2.05) is 14.1 Å². The van der Waals surface area contributed by atoms with E-state index in [-0.39, 0.29) is 5.91 Å². The Kier molecular flexibility index (Phi) is 2.92. The Balaban J connectivity index is 2.39. The Hall–Kier alpha value is -0.530. The van der Waals surface area contributed by atoms with E-state index in [4.69, 9.17) is 0 Å². The van der Waals surface area contributed by atoms with E-state index < -0.39 is 0 Å². The van der Waals surface area contributed by atoms with Gasteiger partial charge in [-0.05, 0) is 12.8 Å². The minimum absolute atomic E-state index is 0.240. The van der Waals surface area contributed by atoms with Crippen molar-refractivity contribution in [2.75, 3.05) is 14.1 Å². The minimum Gasteiger partial charge on any atom is -0.348 e.